The minimum absolute atomic E-state index is 0. The SMILES string of the molecule is CCOC(C=O)[S+](C)C.[Br-]. The van der Waals surface area contributed by atoms with E-state index >= 15 is 0 Å². The van der Waals surface area contributed by atoms with Crippen LogP contribution in [0.2, 0.25) is 0 Å². The van der Waals surface area contributed by atoms with Crippen molar-refractivity contribution >= 4 is 17.2 Å². The van der Waals surface area contributed by atoms with E-state index in [4.69, 9.17) is 4.74 Å². The van der Waals surface area contributed by atoms with E-state index in [1.807, 2.05) is 19.4 Å². The summed E-state index contributed by atoms with van der Waals surface area (Å²) < 4.78 is 5.10. The summed E-state index contributed by atoms with van der Waals surface area (Å²) in [6.07, 6.45) is 4.86. The highest BCUT2D eigenvalue weighted by molar-refractivity contribution is 7.96. The van der Waals surface area contributed by atoms with Gasteiger partial charge in [-0.3, -0.25) is 4.79 Å². The van der Waals surface area contributed by atoms with Gasteiger partial charge >= 0.3 is 0 Å². The molecular formula is C6H13BrO2S. The van der Waals surface area contributed by atoms with Gasteiger partial charge in [-0.2, -0.15) is 0 Å². The molecule has 0 N–H and O–H groups in total. The van der Waals surface area contributed by atoms with Crippen LogP contribution in [-0.2, 0) is 20.4 Å². The highest BCUT2D eigenvalue weighted by Crippen LogP contribution is 1.97. The number of rotatable bonds is 4. The third kappa shape index (κ3) is 5.26. The number of hydrogen-bond donors (Lipinski definition) is 0. The van der Waals surface area contributed by atoms with Crippen LogP contribution in [0.5, 0.6) is 0 Å². The van der Waals surface area contributed by atoms with E-state index in [9.17, 15) is 4.79 Å². The molecule has 0 aromatic carbocycles. The zero-order valence-electron chi connectivity index (χ0n) is 6.46. The van der Waals surface area contributed by atoms with Crippen molar-refractivity contribution in [2.24, 2.45) is 0 Å². The first kappa shape index (κ1) is 13.1. The molecule has 1 atom stereocenters. The molecule has 4 heteroatoms. The summed E-state index contributed by atoms with van der Waals surface area (Å²) in [4.78, 5) is 10.2. The monoisotopic (exact) mass is 228 g/mol. The highest BCUT2D eigenvalue weighted by Gasteiger charge is 2.19. The molecule has 0 spiro atoms. The maximum atomic E-state index is 10.2. The van der Waals surface area contributed by atoms with Gasteiger partial charge in [-0.05, 0) is 6.92 Å². The zero-order valence-corrected chi connectivity index (χ0v) is 8.87. The fraction of sp³-hybridized carbons (Fsp3) is 0.833. The second-order valence-corrected chi connectivity index (χ2v) is 4.06. The van der Waals surface area contributed by atoms with Crippen molar-refractivity contribution < 1.29 is 26.5 Å². The molecule has 0 aliphatic carbocycles. The molecular weight excluding hydrogens is 216 g/mol. The van der Waals surface area contributed by atoms with Crippen molar-refractivity contribution in [1.29, 1.82) is 0 Å². The molecule has 62 valence electrons. The van der Waals surface area contributed by atoms with E-state index in [1.54, 1.807) is 0 Å². The Morgan fingerprint density at radius 3 is 2.20 bits per heavy atom. The minimum atomic E-state index is -0.185. The van der Waals surface area contributed by atoms with Gasteiger partial charge in [0.25, 0.3) is 5.44 Å². The maximum absolute atomic E-state index is 10.2. The lowest BCUT2D eigenvalue weighted by molar-refractivity contribution is -0.113. The lowest BCUT2D eigenvalue weighted by Crippen LogP contribution is -3.00. The number of halogens is 1. The Morgan fingerprint density at radius 2 is 2.10 bits per heavy atom. The predicted octanol–water partition coefficient (Wildman–Crippen LogP) is -2.57. The zero-order chi connectivity index (χ0) is 7.28. The van der Waals surface area contributed by atoms with E-state index in [1.165, 1.54) is 0 Å². The second kappa shape index (κ2) is 7.57. The van der Waals surface area contributed by atoms with Gasteiger partial charge in [0, 0.05) is 17.5 Å². The van der Waals surface area contributed by atoms with Gasteiger partial charge in [0.2, 0.25) is 0 Å². The third-order valence-electron chi connectivity index (χ3n) is 0.907. The number of carbonyl (C=O) groups is 1. The molecule has 0 aromatic heterocycles. The molecule has 0 aromatic rings. The normalized spacial score (nSPS) is 12.4. The molecule has 0 aliphatic rings. The van der Waals surface area contributed by atoms with Gasteiger partial charge < -0.3 is 21.7 Å². The summed E-state index contributed by atoms with van der Waals surface area (Å²) >= 11 is 0. The van der Waals surface area contributed by atoms with Crippen LogP contribution in [0.25, 0.3) is 0 Å². The maximum Gasteiger partial charge on any atom is 0.274 e. The van der Waals surface area contributed by atoms with Crippen LogP contribution in [0.1, 0.15) is 6.92 Å². The van der Waals surface area contributed by atoms with Crippen molar-refractivity contribution in [3.8, 4) is 0 Å². The molecule has 0 radical (unpaired) electrons. The summed E-state index contributed by atoms with van der Waals surface area (Å²) in [6, 6.07) is 0. The number of hydrogen-bond acceptors (Lipinski definition) is 2. The molecule has 1 unspecified atom stereocenters. The van der Waals surface area contributed by atoms with Gasteiger partial charge in [0.05, 0.1) is 0 Å². The van der Waals surface area contributed by atoms with Gasteiger partial charge in [0.1, 0.15) is 12.5 Å². The van der Waals surface area contributed by atoms with Crippen LogP contribution >= 0.6 is 0 Å². The molecule has 0 bridgehead atoms. The largest absolute Gasteiger partial charge is 1.00 e. The Kier molecular flexibility index (Phi) is 9.90. The van der Waals surface area contributed by atoms with E-state index in [0.717, 1.165) is 6.29 Å². The van der Waals surface area contributed by atoms with Crippen LogP contribution in [0.3, 0.4) is 0 Å². The fourth-order valence-corrected chi connectivity index (χ4v) is 1.08. The van der Waals surface area contributed by atoms with Crippen LogP contribution in [0.4, 0.5) is 0 Å². The Morgan fingerprint density at radius 1 is 1.60 bits per heavy atom. The first-order chi connectivity index (χ1) is 4.22. The van der Waals surface area contributed by atoms with Crippen molar-refractivity contribution in [1.82, 2.24) is 0 Å². The Balaban J connectivity index is 0. The molecule has 0 saturated heterocycles. The molecule has 2 nitrogen and oxygen atoms in total. The molecule has 0 rings (SSSR count). The second-order valence-electron chi connectivity index (χ2n) is 1.84. The summed E-state index contributed by atoms with van der Waals surface area (Å²) in [5.41, 5.74) is -0.185. The van der Waals surface area contributed by atoms with Crippen LogP contribution < -0.4 is 17.0 Å². The van der Waals surface area contributed by atoms with E-state index < -0.39 is 0 Å². The minimum Gasteiger partial charge on any atom is -1.00 e. The quantitative estimate of drug-likeness (QED) is 0.391. The predicted molar refractivity (Wildman–Crippen MR) is 40.7 cm³/mol. The van der Waals surface area contributed by atoms with Crippen molar-refractivity contribution in [3.05, 3.63) is 0 Å². The van der Waals surface area contributed by atoms with Gasteiger partial charge in [0.15, 0.2) is 6.29 Å². The topological polar surface area (TPSA) is 26.3 Å². The van der Waals surface area contributed by atoms with E-state index in [-0.39, 0.29) is 33.3 Å². The number of ether oxygens (including phenoxy) is 1. The third-order valence-corrected chi connectivity index (χ3v) is 2.08. The smallest absolute Gasteiger partial charge is 0.274 e. The Bertz CT molecular complexity index is 87.8. The molecule has 0 aliphatic heterocycles. The lowest BCUT2D eigenvalue weighted by Gasteiger charge is -2.04. The van der Waals surface area contributed by atoms with Crippen molar-refractivity contribution in [2.75, 3.05) is 19.1 Å². The number of aldehydes is 1. The van der Waals surface area contributed by atoms with Crippen molar-refractivity contribution in [2.45, 2.75) is 12.4 Å². The average Bonchev–Trinajstić information content (AvgIpc) is 1.82. The fourth-order valence-electron chi connectivity index (χ4n) is 0.451. The molecule has 10 heavy (non-hydrogen) atoms. The Hall–Kier alpha value is 0.460. The van der Waals surface area contributed by atoms with Gasteiger partial charge in [-0.15, -0.1) is 0 Å². The van der Waals surface area contributed by atoms with Crippen LogP contribution in [0, 0.1) is 0 Å². The molecule has 0 amide bonds. The van der Waals surface area contributed by atoms with Gasteiger partial charge in [-0.1, -0.05) is 0 Å². The summed E-state index contributed by atoms with van der Waals surface area (Å²) in [7, 11) is 0.0565. The summed E-state index contributed by atoms with van der Waals surface area (Å²) in [6.45, 7) is 2.51. The van der Waals surface area contributed by atoms with Crippen molar-refractivity contribution in [3.63, 3.8) is 0 Å². The average molecular weight is 229 g/mol. The summed E-state index contributed by atoms with van der Waals surface area (Å²) in [5, 5.41) is 0. The van der Waals surface area contributed by atoms with Gasteiger partial charge in [-0.25, -0.2) is 0 Å². The van der Waals surface area contributed by atoms with Crippen LogP contribution in [0.15, 0.2) is 0 Å². The number of carbonyl (C=O) groups excluding carboxylic acids is 1. The first-order valence-electron chi connectivity index (χ1n) is 2.85. The van der Waals surface area contributed by atoms with Crippen LogP contribution in [-0.4, -0.2) is 30.8 Å². The van der Waals surface area contributed by atoms with E-state index in [2.05, 4.69) is 0 Å². The standard InChI is InChI=1S/C6H13O2S.BrH/c1-4-8-6(5-7)9(2)3;/h5-6H,4H2,1-3H3;1H/q+1;/p-1. The van der Waals surface area contributed by atoms with E-state index in [0.29, 0.717) is 6.61 Å². The molecule has 0 fully saturated rings. The molecule has 0 saturated carbocycles. The Labute approximate surface area is 75.4 Å². The molecule has 0 heterocycles. The summed E-state index contributed by atoms with van der Waals surface area (Å²) in [5.74, 6) is 0. The highest BCUT2D eigenvalue weighted by atomic mass is 79.9. The first-order valence-corrected chi connectivity index (χ1v) is 4.96. The lowest BCUT2D eigenvalue weighted by atomic mass is 10.8.